The highest BCUT2D eigenvalue weighted by Crippen LogP contribution is 2.54. The first-order chi connectivity index (χ1) is 37.0. The number of nitrogens with zero attached hydrogens (tertiary/aromatic N) is 2. The van der Waals surface area contributed by atoms with E-state index in [2.05, 4.69) is 236 Å². The Morgan fingerprint density at radius 1 is 0.600 bits per heavy atom. The van der Waals surface area contributed by atoms with Gasteiger partial charge in [0, 0.05) is 57.7 Å². The van der Waals surface area contributed by atoms with Crippen molar-refractivity contribution < 1.29 is 0 Å². The van der Waals surface area contributed by atoms with Gasteiger partial charge in [-0.3, -0.25) is 4.98 Å². The van der Waals surface area contributed by atoms with Crippen molar-refractivity contribution >= 4 is 67.3 Å². The summed E-state index contributed by atoms with van der Waals surface area (Å²) in [5, 5.41) is 18.0. The fourth-order valence-corrected chi connectivity index (χ4v) is 13.6. The van der Waals surface area contributed by atoms with E-state index in [9.17, 15) is 0 Å². The van der Waals surface area contributed by atoms with Crippen molar-refractivity contribution in [2.75, 3.05) is 6.54 Å². The summed E-state index contributed by atoms with van der Waals surface area (Å²) in [6, 6.07) is 54.5. The lowest BCUT2D eigenvalue weighted by Crippen LogP contribution is -2.47. The third-order valence-corrected chi connectivity index (χ3v) is 17.3. The fraction of sp³-hybridized carbons (Fsp3) is 0.0986. The number of nitrogens with one attached hydrogen (secondary N) is 2. The number of amidine groups is 1. The van der Waals surface area contributed by atoms with Crippen LogP contribution in [-0.2, 0) is 12.0 Å². The summed E-state index contributed by atoms with van der Waals surface area (Å²) in [5.74, 6) is 1.32. The van der Waals surface area contributed by atoms with Gasteiger partial charge in [-0.15, -0.1) is 0 Å². The molecule has 0 saturated heterocycles. The number of aliphatic imine (C=N–C) groups is 1. The number of pyridine rings is 1. The third-order valence-electron chi connectivity index (χ3n) is 17.3. The summed E-state index contributed by atoms with van der Waals surface area (Å²) in [5.41, 5.74) is 20.9. The van der Waals surface area contributed by atoms with Gasteiger partial charge in [-0.1, -0.05) is 200 Å². The first-order valence-corrected chi connectivity index (χ1v) is 26.6. The van der Waals surface area contributed by atoms with E-state index < -0.39 is 5.54 Å². The van der Waals surface area contributed by atoms with Crippen LogP contribution in [0, 0.1) is 11.8 Å². The summed E-state index contributed by atoms with van der Waals surface area (Å²) < 4.78 is 0. The molecule has 2 N–H and O–H groups in total. The van der Waals surface area contributed by atoms with Crippen LogP contribution in [0.15, 0.2) is 240 Å². The molecule has 0 spiro atoms. The van der Waals surface area contributed by atoms with Gasteiger partial charge in [-0.25, -0.2) is 4.99 Å². The van der Waals surface area contributed by atoms with Crippen molar-refractivity contribution in [2.45, 2.75) is 25.3 Å². The van der Waals surface area contributed by atoms with Crippen molar-refractivity contribution in [2.24, 2.45) is 16.8 Å². The number of aromatic nitrogens is 1. The molecule has 75 heavy (non-hydrogen) atoms. The minimum absolute atomic E-state index is 0.207. The molecule has 3 atom stereocenters. The van der Waals surface area contributed by atoms with Crippen LogP contribution in [0.3, 0.4) is 0 Å². The van der Waals surface area contributed by atoms with Crippen LogP contribution < -0.4 is 21.1 Å². The predicted molar refractivity (Wildman–Crippen MR) is 311 cm³/mol. The van der Waals surface area contributed by atoms with Crippen LogP contribution in [0.2, 0.25) is 0 Å². The van der Waals surface area contributed by atoms with Gasteiger partial charge in [0.25, 0.3) is 0 Å². The number of hydrogen-bond donors (Lipinski definition) is 2. The molecule has 4 heteroatoms. The van der Waals surface area contributed by atoms with Crippen LogP contribution in [0.5, 0.6) is 0 Å². The fourth-order valence-electron chi connectivity index (χ4n) is 13.6. The van der Waals surface area contributed by atoms with E-state index in [1.807, 2.05) is 6.20 Å². The zero-order valence-corrected chi connectivity index (χ0v) is 41.5. The summed E-state index contributed by atoms with van der Waals surface area (Å²) in [7, 11) is 0. The Morgan fingerprint density at radius 2 is 1.36 bits per heavy atom. The first-order valence-electron chi connectivity index (χ1n) is 26.6. The number of allylic oxidation sites excluding steroid dienone is 15. The lowest BCUT2D eigenvalue weighted by Gasteiger charge is -2.42. The molecule has 1 aromatic heterocycles. The molecule has 16 rings (SSSR count). The van der Waals surface area contributed by atoms with Crippen LogP contribution in [0.1, 0.15) is 52.3 Å². The summed E-state index contributed by atoms with van der Waals surface area (Å²) in [4.78, 5) is 10.8. The molecule has 3 unspecified atom stereocenters. The van der Waals surface area contributed by atoms with E-state index in [0.717, 1.165) is 75.7 Å². The van der Waals surface area contributed by atoms with Gasteiger partial charge in [0.1, 0.15) is 5.84 Å². The first kappa shape index (κ1) is 42.4. The average molecular weight is 959 g/mol. The van der Waals surface area contributed by atoms with Crippen LogP contribution in [0.25, 0.3) is 78.1 Å². The summed E-state index contributed by atoms with van der Waals surface area (Å²) in [6.07, 6.45) is 31.7. The van der Waals surface area contributed by atoms with Crippen molar-refractivity contribution in [1.29, 1.82) is 0 Å². The van der Waals surface area contributed by atoms with E-state index in [1.165, 1.54) is 92.9 Å². The molecule has 0 fully saturated rings. The highest BCUT2D eigenvalue weighted by Gasteiger charge is 2.42. The maximum Gasteiger partial charge on any atom is 0.134 e. The zero-order chi connectivity index (χ0) is 49.4. The lowest BCUT2D eigenvalue weighted by molar-refractivity contribution is 0.524. The largest absolute Gasteiger partial charge is 0.381 e. The van der Waals surface area contributed by atoms with E-state index in [-0.39, 0.29) is 11.8 Å². The van der Waals surface area contributed by atoms with E-state index in [4.69, 9.17) is 9.98 Å². The molecular weight excluding hydrogens is 909 g/mol. The van der Waals surface area contributed by atoms with Gasteiger partial charge in [0.05, 0.1) is 16.9 Å². The number of rotatable bonds is 6. The molecule has 9 aromatic rings. The second-order valence-corrected chi connectivity index (χ2v) is 21.3. The Kier molecular flexibility index (Phi) is 9.15. The van der Waals surface area contributed by atoms with Gasteiger partial charge < -0.3 is 10.6 Å². The van der Waals surface area contributed by atoms with Crippen LogP contribution >= 0.6 is 0 Å². The Bertz CT molecular complexity index is 4420. The molecule has 7 aliphatic rings. The lowest BCUT2D eigenvalue weighted by atomic mass is 9.63. The molecule has 3 heterocycles. The minimum atomic E-state index is -0.721. The molecule has 354 valence electrons. The Morgan fingerprint density at radius 3 is 2.24 bits per heavy atom. The number of benzene rings is 8. The number of fused-ring (bicyclic) bond motifs is 3. The van der Waals surface area contributed by atoms with Gasteiger partial charge in [-0.2, -0.15) is 0 Å². The second-order valence-electron chi connectivity index (χ2n) is 21.3. The molecule has 4 nitrogen and oxygen atoms in total. The normalized spacial score (nSPS) is 20.6. The zero-order valence-electron chi connectivity index (χ0n) is 41.5. The SMILES string of the molecule is CC1(c2ccc(-c3nccc4c3CCC=C4)cc2)NC(c2ccc(C3=c4ccccc4=CCN3)cc2)=Nc2c(C3=C4C=CC5=CC=CC6=CC=C(C=C3)C4C56)cc(-c3ccc4ccc5cccc6ccc3c4c56)cc21. The van der Waals surface area contributed by atoms with Crippen molar-refractivity contribution in [3.63, 3.8) is 0 Å². The Balaban J connectivity index is 0.946. The van der Waals surface area contributed by atoms with Crippen molar-refractivity contribution in [1.82, 2.24) is 15.6 Å². The quantitative estimate of drug-likeness (QED) is 0.163. The minimum Gasteiger partial charge on any atom is -0.381 e. The maximum atomic E-state index is 5.85. The Labute approximate surface area is 436 Å². The maximum absolute atomic E-state index is 5.85. The molecule has 0 bridgehead atoms. The van der Waals surface area contributed by atoms with Gasteiger partial charge in [-0.05, 0) is 137 Å². The van der Waals surface area contributed by atoms with E-state index >= 15 is 0 Å². The van der Waals surface area contributed by atoms with E-state index in [0.29, 0.717) is 0 Å². The average Bonchev–Trinajstić information content (AvgIpc) is 3.51. The van der Waals surface area contributed by atoms with Crippen LogP contribution in [0.4, 0.5) is 5.69 Å². The smallest absolute Gasteiger partial charge is 0.134 e. The van der Waals surface area contributed by atoms with Gasteiger partial charge in [0.15, 0.2) is 0 Å². The summed E-state index contributed by atoms with van der Waals surface area (Å²) >= 11 is 0. The topological polar surface area (TPSA) is 49.3 Å². The second kappa shape index (κ2) is 16.2. The van der Waals surface area contributed by atoms with Gasteiger partial charge >= 0.3 is 0 Å². The third kappa shape index (κ3) is 6.42. The van der Waals surface area contributed by atoms with Crippen molar-refractivity contribution in [3.05, 3.63) is 284 Å². The molecule has 0 saturated carbocycles. The van der Waals surface area contributed by atoms with Gasteiger partial charge in [0.2, 0.25) is 0 Å². The van der Waals surface area contributed by atoms with E-state index in [1.54, 1.807) is 0 Å². The molecule has 0 amide bonds. The van der Waals surface area contributed by atoms with Crippen molar-refractivity contribution in [3.8, 4) is 22.4 Å². The molecule has 2 aliphatic heterocycles. The molecule has 0 radical (unpaired) electrons. The Hall–Kier alpha value is -9.12. The summed E-state index contributed by atoms with van der Waals surface area (Å²) in [6.45, 7) is 3.16. The highest BCUT2D eigenvalue weighted by atomic mass is 15.1. The highest BCUT2D eigenvalue weighted by molar-refractivity contribution is 6.25. The standard InChI is InChI=1S/C71H50N4/c1-71(54-30-24-51(25-31-54)68-57-15-5-3-9-43(57)37-39-73-68)62-41-53(55-32-26-48-18-16-44-10-6-12-46-28-34-59(55)65(48)63(44)46)40-61(58-33-27-49-19-17-45-11-7-13-47-29-35-60(58)66(49)64(45)47)69(62)74-70(75-71)52-22-20-50(21-23-52)67-56-14-4-2-8-42(56)36-38-72-67/h2-4,6-14,16-37,39-41,64,66,72H,5,15,38H2,1H3,(H,74,75). The van der Waals surface area contributed by atoms with Crippen LogP contribution in [-0.4, -0.2) is 17.4 Å². The predicted octanol–water partition coefficient (Wildman–Crippen LogP) is 14.2. The molecule has 5 aliphatic carbocycles. The molecule has 8 aromatic carbocycles. The monoisotopic (exact) mass is 958 g/mol. The molecular formula is C71H50N4. The number of hydrogen-bond acceptors (Lipinski definition) is 4.